The summed E-state index contributed by atoms with van der Waals surface area (Å²) in [5.41, 5.74) is 2.54. The molecule has 2 heterocycles. The lowest BCUT2D eigenvalue weighted by atomic mass is 9.89. The molecule has 2 aromatic heterocycles. The number of fused-ring (bicyclic) bond motifs is 3. The van der Waals surface area contributed by atoms with Crippen molar-refractivity contribution >= 4 is 28.3 Å². The van der Waals surface area contributed by atoms with Gasteiger partial charge in [0.05, 0.1) is 17.2 Å². The Morgan fingerprint density at radius 2 is 2.05 bits per heavy atom. The Labute approximate surface area is 133 Å². The summed E-state index contributed by atoms with van der Waals surface area (Å²) in [5.74, 6) is 1.53. The Kier molecular flexibility index (Phi) is 3.45. The molecule has 1 N–H and O–H groups in total. The van der Waals surface area contributed by atoms with E-state index in [4.69, 9.17) is 0 Å². The molecule has 0 aliphatic heterocycles. The van der Waals surface area contributed by atoms with Crippen LogP contribution in [0.15, 0.2) is 34.1 Å². The molecular formula is C17H19N3OS. The Morgan fingerprint density at radius 3 is 2.82 bits per heavy atom. The lowest BCUT2D eigenvalue weighted by Gasteiger charge is -2.21. The Bertz CT molecular complexity index is 890. The maximum Gasteiger partial charge on any atom is 0.274 e. The fourth-order valence-corrected chi connectivity index (χ4v) is 3.98. The van der Waals surface area contributed by atoms with E-state index in [9.17, 15) is 4.79 Å². The third-order valence-corrected chi connectivity index (χ3v) is 5.41. The third-order valence-electron chi connectivity index (χ3n) is 4.69. The summed E-state index contributed by atoms with van der Waals surface area (Å²) in [7, 11) is 0. The van der Waals surface area contributed by atoms with Gasteiger partial charge in [-0.25, -0.2) is 4.98 Å². The zero-order chi connectivity index (χ0) is 15.1. The van der Waals surface area contributed by atoms with Gasteiger partial charge in [-0.3, -0.25) is 9.20 Å². The van der Waals surface area contributed by atoms with Crippen molar-refractivity contribution in [2.75, 3.05) is 6.26 Å². The number of aromatic nitrogens is 3. The van der Waals surface area contributed by atoms with E-state index in [-0.39, 0.29) is 5.56 Å². The minimum atomic E-state index is -0.0565. The second-order valence-corrected chi connectivity index (χ2v) is 6.89. The summed E-state index contributed by atoms with van der Waals surface area (Å²) in [6, 6.07) is 6.19. The number of thioether (sulfide) groups is 1. The van der Waals surface area contributed by atoms with Gasteiger partial charge in [-0.15, -0.1) is 11.8 Å². The highest BCUT2D eigenvalue weighted by molar-refractivity contribution is 7.98. The summed E-state index contributed by atoms with van der Waals surface area (Å²) in [6.07, 6.45) is 9.99. The Morgan fingerprint density at radius 1 is 1.23 bits per heavy atom. The van der Waals surface area contributed by atoms with Gasteiger partial charge in [0.2, 0.25) is 0 Å². The number of rotatable bonds is 2. The van der Waals surface area contributed by atoms with Crippen molar-refractivity contribution in [2.24, 2.45) is 0 Å². The highest BCUT2D eigenvalue weighted by Crippen LogP contribution is 2.33. The second-order valence-electron chi connectivity index (χ2n) is 6.01. The van der Waals surface area contributed by atoms with E-state index >= 15 is 0 Å². The van der Waals surface area contributed by atoms with Crippen LogP contribution in [0.3, 0.4) is 0 Å². The van der Waals surface area contributed by atoms with Crippen LogP contribution in [0.2, 0.25) is 0 Å². The van der Waals surface area contributed by atoms with Crippen LogP contribution in [-0.2, 0) is 0 Å². The number of benzene rings is 1. The number of nitrogens with one attached hydrogen (secondary N) is 1. The summed E-state index contributed by atoms with van der Waals surface area (Å²) in [5, 5.41) is 0. The third kappa shape index (κ3) is 2.15. The average Bonchev–Trinajstić information content (AvgIpc) is 3.01. The maximum absolute atomic E-state index is 12.3. The molecule has 0 bridgehead atoms. The highest BCUT2D eigenvalue weighted by Gasteiger charge is 2.21. The monoisotopic (exact) mass is 313 g/mol. The topological polar surface area (TPSA) is 50.2 Å². The van der Waals surface area contributed by atoms with Gasteiger partial charge in [0.25, 0.3) is 5.56 Å². The molecule has 0 unspecified atom stereocenters. The molecule has 1 aliphatic carbocycles. The fraction of sp³-hybridized carbons (Fsp3) is 0.412. The van der Waals surface area contributed by atoms with Crippen LogP contribution in [0.25, 0.3) is 16.6 Å². The number of imidazole rings is 1. The number of nitrogens with zero attached hydrogens (tertiary/aromatic N) is 2. The Hall–Kier alpha value is -1.75. The van der Waals surface area contributed by atoms with Crippen molar-refractivity contribution < 1.29 is 0 Å². The van der Waals surface area contributed by atoms with Crippen LogP contribution in [0.4, 0.5) is 0 Å². The predicted molar refractivity (Wildman–Crippen MR) is 90.9 cm³/mol. The van der Waals surface area contributed by atoms with Gasteiger partial charge >= 0.3 is 0 Å². The van der Waals surface area contributed by atoms with E-state index in [0.29, 0.717) is 11.4 Å². The standard InChI is InChI=1S/C17H19N3OS/c1-22-12-7-8-13-14(9-12)20-15(17(21)19-13)10-18-16(20)11-5-3-2-4-6-11/h7-11H,2-6H2,1H3,(H,19,21). The molecule has 5 heteroatoms. The second kappa shape index (κ2) is 5.47. The van der Waals surface area contributed by atoms with Crippen LogP contribution in [0, 0.1) is 0 Å². The molecule has 1 aromatic carbocycles. The number of H-pyrrole nitrogens is 1. The van der Waals surface area contributed by atoms with Gasteiger partial charge in [-0.2, -0.15) is 0 Å². The van der Waals surface area contributed by atoms with Crippen LogP contribution < -0.4 is 5.56 Å². The van der Waals surface area contributed by atoms with Crippen molar-refractivity contribution in [3.8, 4) is 0 Å². The zero-order valence-electron chi connectivity index (χ0n) is 12.6. The quantitative estimate of drug-likeness (QED) is 0.729. The van der Waals surface area contributed by atoms with Crippen molar-refractivity contribution in [3.63, 3.8) is 0 Å². The van der Waals surface area contributed by atoms with Gasteiger partial charge in [0.15, 0.2) is 0 Å². The average molecular weight is 313 g/mol. The number of hydrogen-bond acceptors (Lipinski definition) is 3. The highest BCUT2D eigenvalue weighted by atomic mass is 32.2. The van der Waals surface area contributed by atoms with Gasteiger partial charge in [-0.05, 0) is 37.3 Å². The normalized spacial score (nSPS) is 16.6. The lowest BCUT2D eigenvalue weighted by Crippen LogP contribution is -2.14. The van der Waals surface area contributed by atoms with Crippen LogP contribution in [0.1, 0.15) is 43.8 Å². The fourth-order valence-electron chi connectivity index (χ4n) is 3.54. The first kappa shape index (κ1) is 13.9. The van der Waals surface area contributed by atoms with E-state index in [2.05, 4.69) is 26.7 Å². The first-order valence-electron chi connectivity index (χ1n) is 7.85. The summed E-state index contributed by atoms with van der Waals surface area (Å²) in [6.45, 7) is 0. The molecule has 0 spiro atoms. The number of hydrogen-bond donors (Lipinski definition) is 1. The predicted octanol–water partition coefficient (Wildman–Crippen LogP) is 3.95. The molecule has 1 aliphatic rings. The van der Waals surface area contributed by atoms with E-state index < -0.39 is 0 Å². The van der Waals surface area contributed by atoms with Crippen molar-refractivity contribution in [1.29, 1.82) is 0 Å². The minimum Gasteiger partial charge on any atom is -0.319 e. The van der Waals surface area contributed by atoms with Crippen molar-refractivity contribution in [2.45, 2.75) is 42.9 Å². The first-order chi connectivity index (χ1) is 10.8. The molecule has 114 valence electrons. The van der Waals surface area contributed by atoms with Crippen LogP contribution in [-0.4, -0.2) is 20.6 Å². The summed E-state index contributed by atoms with van der Waals surface area (Å²) in [4.78, 5) is 21.1. The van der Waals surface area contributed by atoms with E-state index in [1.807, 2.05) is 12.1 Å². The molecule has 22 heavy (non-hydrogen) atoms. The van der Waals surface area contributed by atoms with Crippen molar-refractivity contribution in [3.05, 3.63) is 40.6 Å². The summed E-state index contributed by atoms with van der Waals surface area (Å²) >= 11 is 1.71. The largest absolute Gasteiger partial charge is 0.319 e. The summed E-state index contributed by atoms with van der Waals surface area (Å²) < 4.78 is 2.09. The molecule has 4 rings (SSSR count). The molecular weight excluding hydrogens is 294 g/mol. The van der Waals surface area contributed by atoms with E-state index in [0.717, 1.165) is 16.9 Å². The van der Waals surface area contributed by atoms with Gasteiger partial charge in [0.1, 0.15) is 11.3 Å². The minimum absolute atomic E-state index is 0.0565. The lowest BCUT2D eigenvalue weighted by molar-refractivity contribution is 0.428. The zero-order valence-corrected chi connectivity index (χ0v) is 13.4. The molecule has 0 amide bonds. The van der Waals surface area contributed by atoms with E-state index in [1.54, 1.807) is 18.0 Å². The van der Waals surface area contributed by atoms with Gasteiger partial charge in [-0.1, -0.05) is 19.3 Å². The molecule has 1 fully saturated rings. The van der Waals surface area contributed by atoms with Gasteiger partial charge < -0.3 is 4.98 Å². The van der Waals surface area contributed by atoms with Gasteiger partial charge in [0, 0.05) is 10.8 Å². The molecule has 0 saturated heterocycles. The van der Waals surface area contributed by atoms with Crippen LogP contribution in [0.5, 0.6) is 0 Å². The first-order valence-corrected chi connectivity index (χ1v) is 9.08. The van der Waals surface area contributed by atoms with E-state index in [1.165, 1.54) is 37.0 Å². The maximum atomic E-state index is 12.3. The molecule has 0 atom stereocenters. The SMILES string of the molecule is CSc1ccc2[nH]c(=O)c3cnc(C4CCCCC4)n3c2c1. The van der Waals surface area contributed by atoms with Crippen molar-refractivity contribution in [1.82, 2.24) is 14.4 Å². The van der Waals surface area contributed by atoms with Crippen LogP contribution >= 0.6 is 11.8 Å². The number of aromatic amines is 1. The Balaban J connectivity index is 2.03. The molecule has 0 radical (unpaired) electrons. The molecule has 1 saturated carbocycles. The molecule has 4 nitrogen and oxygen atoms in total. The smallest absolute Gasteiger partial charge is 0.274 e. The molecule has 3 aromatic rings.